The Labute approximate surface area is 135 Å². The molecule has 5 nitrogen and oxygen atoms in total. The standard InChI is InChI=1S/C18H21NO4/c1-11(20)19-8-7-18-6-5-13(21)9-15(18)23-17-14(22-2)4-3-12(10-19)16(17)18/h3-6,13,15,21H,7-10H2,1-2H3. The summed E-state index contributed by atoms with van der Waals surface area (Å²) in [5.74, 6) is 1.58. The van der Waals surface area contributed by atoms with E-state index in [0.717, 1.165) is 29.0 Å². The Kier molecular flexibility index (Phi) is 3.17. The van der Waals surface area contributed by atoms with Crippen molar-refractivity contribution >= 4 is 5.91 Å². The van der Waals surface area contributed by atoms with Crippen LogP contribution in [0.3, 0.4) is 0 Å². The zero-order valence-corrected chi connectivity index (χ0v) is 13.4. The first-order valence-corrected chi connectivity index (χ1v) is 8.05. The van der Waals surface area contributed by atoms with Crippen LogP contribution >= 0.6 is 0 Å². The molecule has 1 amide bonds. The Morgan fingerprint density at radius 1 is 1.48 bits per heavy atom. The fourth-order valence-electron chi connectivity index (χ4n) is 4.21. The third-order valence-corrected chi connectivity index (χ3v) is 5.40. The van der Waals surface area contributed by atoms with Gasteiger partial charge in [-0.05, 0) is 18.1 Å². The second-order valence-electron chi connectivity index (χ2n) is 6.63. The lowest BCUT2D eigenvalue weighted by Gasteiger charge is -2.35. The number of benzene rings is 1. The van der Waals surface area contributed by atoms with E-state index < -0.39 is 6.10 Å². The van der Waals surface area contributed by atoms with Crippen LogP contribution in [-0.2, 0) is 16.8 Å². The van der Waals surface area contributed by atoms with Crippen LogP contribution in [0.25, 0.3) is 0 Å². The molecule has 0 bridgehead atoms. The van der Waals surface area contributed by atoms with E-state index in [4.69, 9.17) is 9.47 Å². The average molecular weight is 315 g/mol. The van der Waals surface area contributed by atoms with Crippen molar-refractivity contribution in [3.05, 3.63) is 35.4 Å². The first-order chi connectivity index (χ1) is 11.0. The number of hydrogen-bond acceptors (Lipinski definition) is 4. The largest absolute Gasteiger partial charge is 0.493 e. The van der Waals surface area contributed by atoms with Gasteiger partial charge in [0.2, 0.25) is 5.91 Å². The number of methoxy groups -OCH3 is 1. The van der Waals surface area contributed by atoms with Crippen LogP contribution in [-0.4, -0.2) is 41.8 Å². The van der Waals surface area contributed by atoms with Crippen LogP contribution in [0.2, 0.25) is 0 Å². The van der Waals surface area contributed by atoms with Gasteiger partial charge in [0.15, 0.2) is 11.5 Å². The third-order valence-electron chi connectivity index (χ3n) is 5.40. The van der Waals surface area contributed by atoms with Gasteiger partial charge in [0.25, 0.3) is 0 Å². The van der Waals surface area contributed by atoms with Gasteiger partial charge in [-0.15, -0.1) is 0 Å². The topological polar surface area (TPSA) is 59.0 Å². The van der Waals surface area contributed by atoms with Gasteiger partial charge in [-0.3, -0.25) is 4.79 Å². The van der Waals surface area contributed by atoms with Crippen LogP contribution < -0.4 is 9.47 Å². The Hall–Kier alpha value is -2.01. The molecule has 3 aliphatic rings. The smallest absolute Gasteiger partial charge is 0.219 e. The average Bonchev–Trinajstić information content (AvgIpc) is 2.75. The molecule has 23 heavy (non-hydrogen) atoms. The SMILES string of the molecule is COc1ccc2c3c1OC1CC(O)C=CC31CCN(C(C)=O)C2. The molecule has 1 N–H and O–H groups in total. The van der Waals surface area contributed by atoms with E-state index in [1.807, 2.05) is 23.1 Å². The summed E-state index contributed by atoms with van der Waals surface area (Å²) in [7, 11) is 1.64. The van der Waals surface area contributed by atoms with E-state index in [0.29, 0.717) is 19.5 Å². The Morgan fingerprint density at radius 2 is 2.30 bits per heavy atom. The van der Waals surface area contributed by atoms with Gasteiger partial charge in [-0.1, -0.05) is 18.2 Å². The van der Waals surface area contributed by atoms with Gasteiger partial charge >= 0.3 is 0 Å². The molecular weight excluding hydrogens is 294 g/mol. The first kappa shape index (κ1) is 14.6. The van der Waals surface area contributed by atoms with Crippen molar-refractivity contribution in [1.29, 1.82) is 0 Å². The molecule has 1 aromatic rings. The molecule has 0 radical (unpaired) electrons. The van der Waals surface area contributed by atoms with E-state index in [1.165, 1.54) is 0 Å². The van der Waals surface area contributed by atoms with Gasteiger partial charge in [-0.25, -0.2) is 0 Å². The highest BCUT2D eigenvalue weighted by Gasteiger charge is 2.52. The highest BCUT2D eigenvalue weighted by Crippen LogP contribution is 2.55. The van der Waals surface area contributed by atoms with Crippen molar-refractivity contribution in [2.45, 2.75) is 43.9 Å². The van der Waals surface area contributed by atoms with Crippen molar-refractivity contribution in [3.8, 4) is 11.5 Å². The van der Waals surface area contributed by atoms with E-state index in [-0.39, 0.29) is 17.4 Å². The molecule has 1 aliphatic carbocycles. The number of nitrogens with zero attached hydrogens (tertiary/aromatic N) is 1. The number of ether oxygens (including phenoxy) is 2. The summed E-state index contributed by atoms with van der Waals surface area (Å²) >= 11 is 0. The van der Waals surface area contributed by atoms with Crippen LogP contribution in [0.4, 0.5) is 0 Å². The van der Waals surface area contributed by atoms with E-state index in [9.17, 15) is 9.90 Å². The van der Waals surface area contributed by atoms with E-state index >= 15 is 0 Å². The molecule has 2 aliphatic heterocycles. The summed E-state index contributed by atoms with van der Waals surface area (Å²) in [6.07, 6.45) is 4.72. The maximum absolute atomic E-state index is 11.9. The van der Waals surface area contributed by atoms with Crippen LogP contribution in [0.1, 0.15) is 30.9 Å². The second-order valence-corrected chi connectivity index (χ2v) is 6.63. The van der Waals surface area contributed by atoms with Crippen molar-refractivity contribution in [2.75, 3.05) is 13.7 Å². The lowest BCUT2D eigenvalue weighted by Crippen LogP contribution is -2.43. The molecule has 122 valence electrons. The molecule has 0 saturated heterocycles. The highest BCUT2D eigenvalue weighted by molar-refractivity contribution is 5.74. The number of hydrogen-bond donors (Lipinski definition) is 1. The summed E-state index contributed by atoms with van der Waals surface area (Å²) in [5, 5.41) is 10.0. The Bertz CT molecular complexity index is 699. The zero-order chi connectivity index (χ0) is 16.2. The molecule has 0 saturated carbocycles. The third kappa shape index (κ3) is 1.99. The van der Waals surface area contributed by atoms with Crippen molar-refractivity contribution < 1.29 is 19.4 Å². The number of rotatable bonds is 1. The maximum Gasteiger partial charge on any atom is 0.219 e. The second kappa shape index (κ2) is 4.99. The lowest BCUT2D eigenvalue weighted by molar-refractivity contribution is -0.129. The summed E-state index contributed by atoms with van der Waals surface area (Å²) < 4.78 is 11.7. The normalized spacial score (nSPS) is 31.0. The van der Waals surface area contributed by atoms with E-state index in [1.54, 1.807) is 14.0 Å². The van der Waals surface area contributed by atoms with Crippen molar-refractivity contribution in [1.82, 2.24) is 4.90 Å². The lowest BCUT2D eigenvalue weighted by atomic mass is 9.69. The van der Waals surface area contributed by atoms with Crippen molar-refractivity contribution in [2.24, 2.45) is 0 Å². The minimum atomic E-state index is -0.485. The summed E-state index contributed by atoms with van der Waals surface area (Å²) in [6.45, 7) is 2.89. The van der Waals surface area contributed by atoms with Crippen LogP contribution in [0.5, 0.6) is 11.5 Å². The molecule has 0 aromatic heterocycles. The predicted octanol–water partition coefficient (Wildman–Crippen LogP) is 1.77. The molecule has 5 heteroatoms. The number of carbonyl (C=O) groups excluding carboxylic acids is 1. The predicted molar refractivity (Wildman–Crippen MR) is 84.6 cm³/mol. The Morgan fingerprint density at radius 3 is 3.04 bits per heavy atom. The fraction of sp³-hybridized carbons (Fsp3) is 0.500. The van der Waals surface area contributed by atoms with Gasteiger partial charge < -0.3 is 19.5 Å². The molecule has 2 heterocycles. The quantitative estimate of drug-likeness (QED) is 0.803. The molecule has 1 spiro atoms. The fourth-order valence-corrected chi connectivity index (χ4v) is 4.21. The number of aliphatic hydroxyl groups excluding tert-OH is 1. The summed E-state index contributed by atoms with van der Waals surface area (Å²) in [4.78, 5) is 13.8. The monoisotopic (exact) mass is 315 g/mol. The molecule has 0 fully saturated rings. The van der Waals surface area contributed by atoms with Gasteiger partial charge in [0.1, 0.15) is 6.10 Å². The maximum atomic E-state index is 11.9. The zero-order valence-electron chi connectivity index (χ0n) is 13.4. The van der Waals surface area contributed by atoms with Crippen LogP contribution in [0, 0.1) is 0 Å². The molecule has 4 rings (SSSR count). The van der Waals surface area contributed by atoms with Gasteiger partial charge in [0, 0.05) is 32.0 Å². The highest BCUT2D eigenvalue weighted by atomic mass is 16.5. The number of aliphatic hydroxyl groups is 1. The van der Waals surface area contributed by atoms with Gasteiger partial charge in [0.05, 0.1) is 18.6 Å². The van der Waals surface area contributed by atoms with Crippen molar-refractivity contribution in [3.63, 3.8) is 0 Å². The molecule has 1 aromatic carbocycles. The van der Waals surface area contributed by atoms with Crippen LogP contribution in [0.15, 0.2) is 24.3 Å². The summed E-state index contributed by atoms with van der Waals surface area (Å²) in [5.41, 5.74) is 1.97. The van der Waals surface area contributed by atoms with Gasteiger partial charge in [-0.2, -0.15) is 0 Å². The first-order valence-electron chi connectivity index (χ1n) is 8.05. The Balaban J connectivity index is 1.92. The van der Waals surface area contributed by atoms with E-state index in [2.05, 4.69) is 6.08 Å². The minimum Gasteiger partial charge on any atom is -0.493 e. The molecular formula is C18H21NO4. The minimum absolute atomic E-state index is 0.0863. The molecule has 3 unspecified atom stereocenters. The summed E-state index contributed by atoms with van der Waals surface area (Å²) in [6, 6.07) is 3.94. The number of carbonyl (C=O) groups is 1. The molecule has 3 atom stereocenters. The number of amides is 1.